The molecule has 0 amide bonds. The third-order valence-electron chi connectivity index (χ3n) is 2.26. The fraction of sp³-hybridized carbons (Fsp3) is 0.333. The van der Waals surface area contributed by atoms with Gasteiger partial charge in [-0.25, -0.2) is 0 Å². The lowest BCUT2D eigenvalue weighted by atomic mass is 10.2. The molecule has 1 aromatic carbocycles. The number of hydrogen-bond acceptors (Lipinski definition) is 2. The van der Waals surface area contributed by atoms with Gasteiger partial charge < -0.3 is 4.98 Å². The Hall–Kier alpha value is -1.33. The number of fused-ring (bicyclic) bond motifs is 1. The lowest BCUT2D eigenvalue weighted by molar-refractivity contribution is 0.482. The van der Waals surface area contributed by atoms with E-state index in [0.717, 1.165) is 0 Å². The van der Waals surface area contributed by atoms with Gasteiger partial charge in [-0.1, -0.05) is 25.1 Å². The van der Waals surface area contributed by atoms with Crippen LogP contribution in [0.5, 0.6) is 0 Å². The molecule has 1 aromatic heterocycles. The van der Waals surface area contributed by atoms with Crippen molar-refractivity contribution in [3.63, 3.8) is 0 Å². The second-order valence-electron chi connectivity index (χ2n) is 3.80. The maximum absolute atomic E-state index is 9.79. The molecule has 4 nitrogen and oxygen atoms in total. The minimum atomic E-state index is -3.67. The molecule has 1 heterocycles. The number of para-hydroxylation sites is 1. The molecule has 0 spiro atoms. The van der Waals surface area contributed by atoms with Gasteiger partial charge in [0.1, 0.15) is 0 Å². The SMILES string of the molecule is CCCS(=O)(=O)O.Cc1c[nH]c2ccccc12. The van der Waals surface area contributed by atoms with Crippen molar-refractivity contribution in [3.8, 4) is 0 Å². The monoisotopic (exact) mass is 255 g/mol. The number of hydrogen-bond donors (Lipinski definition) is 2. The van der Waals surface area contributed by atoms with Gasteiger partial charge in [-0.2, -0.15) is 8.42 Å². The minimum Gasteiger partial charge on any atom is -0.361 e. The molecule has 2 aromatic rings. The van der Waals surface area contributed by atoms with Crippen molar-refractivity contribution in [1.29, 1.82) is 0 Å². The molecule has 0 atom stereocenters. The number of H-pyrrole nitrogens is 1. The van der Waals surface area contributed by atoms with Crippen LogP contribution in [0.15, 0.2) is 30.5 Å². The maximum atomic E-state index is 9.79. The largest absolute Gasteiger partial charge is 0.361 e. The molecule has 0 aliphatic rings. The van der Waals surface area contributed by atoms with Crippen LogP contribution in [0.25, 0.3) is 10.9 Å². The first kappa shape index (κ1) is 13.7. The highest BCUT2D eigenvalue weighted by atomic mass is 32.2. The molecule has 0 aliphatic heterocycles. The topological polar surface area (TPSA) is 70.2 Å². The third-order valence-corrected chi connectivity index (χ3v) is 3.18. The van der Waals surface area contributed by atoms with Crippen molar-refractivity contribution in [2.75, 3.05) is 5.75 Å². The Labute approximate surface area is 101 Å². The third kappa shape index (κ3) is 4.58. The highest BCUT2D eigenvalue weighted by molar-refractivity contribution is 7.85. The first-order valence-corrected chi connectivity index (χ1v) is 7.03. The molecule has 2 rings (SSSR count). The molecule has 0 saturated heterocycles. The summed E-state index contributed by atoms with van der Waals surface area (Å²) in [5.41, 5.74) is 2.54. The Morgan fingerprint density at radius 2 is 1.94 bits per heavy atom. The molecular formula is C12H17NO3S. The lowest BCUT2D eigenvalue weighted by Gasteiger charge is -1.86. The Kier molecular flexibility index (Phi) is 4.72. The van der Waals surface area contributed by atoms with Crippen LogP contribution >= 0.6 is 0 Å². The van der Waals surface area contributed by atoms with E-state index in [1.165, 1.54) is 16.5 Å². The van der Waals surface area contributed by atoms with Crippen LogP contribution in [0.4, 0.5) is 0 Å². The summed E-state index contributed by atoms with van der Waals surface area (Å²) in [7, 11) is -3.67. The highest BCUT2D eigenvalue weighted by Gasteiger charge is 1.98. The maximum Gasteiger partial charge on any atom is 0.264 e. The summed E-state index contributed by atoms with van der Waals surface area (Å²) >= 11 is 0. The minimum absolute atomic E-state index is 0.132. The van der Waals surface area contributed by atoms with Crippen molar-refractivity contribution in [2.24, 2.45) is 0 Å². The fourth-order valence-corrected chi connectivity index (χ4v) is 1.99. The number of nitrogens with one attached hydrogen (secondary N) is 1. The molecule has 2 N–H and O–H groups in total. The molecule has 0 saturated carbocycles. The Morgan fingerprint density at radius 1 is 1.29 bits per heavy atom. The van der Waals surface area contributed by atoms with E-state index in [0.29, 0.717) is 6.42 Å². The van der Waals surface area contributed by atoms with E-state index in [1.54, 1.807) is 6.92 Å². The van der Waals surface area contributed by atoms with Crippen molar-refractivity contribution in [1.82, 2.24) is 4.98 Å². The quantitative estimate of drug-likeness (QED) is 0.811. The molecule has 17 heavy (non-hydrogen) atoms. The Morgan fingerprint density at radius 3 is 2.41 bits per heavy atom. The standard InChI is InChI=1S/C9H9N.C3H8O3S/c1-7-6-10-9-5-3-2-4-8(7)9;1-2-3-7(4,5)6/h2-6,10H,1H3;2-3H2,1H3,(H,4,5,6). The van der Waals surface area contributed by atoms with Crippen LogP contribution in [0.1, 0.15) is 18.9 Å². The first-order valence-electron chi connectivity index (χ1n) is 5.42. The van der Waals surface area contributed by atoms with Crippen LogP contribution in [-0.2, 0) is 10.1 Å². The van der Waals surface area contributed by atoms with Gasteiger partial charge in [0.05, 0.1) is 5.75 Å². The van der Waals surface area contributed by atoms with Crippen LogP contribution in [0.3, 0.4) is 0 Å². The lowest BCUT2D eigenvalue weighted by Crippen LogP contribution is -2.01. The second-order valence-corrected chi connectivity index (χ2v) is 5.38. The Balaban J connectivity index is 0.000000185. The molecule has 0 unspecified atom stereocenters. The van der Waals surface area contributed by atoms with Crippen LogP contribution < -0.4 is 0 Å². The zero-order valence-electron chi connectivity index (χ0n) is 9.97. The van der Waals surface area contributed by atoms with Crippen LogP contribution in [-0.4, -0.2) is 23.7 Å². The molecule has 0 fully saturated rings. The van der Waals surface area contributed by atoms with Gasteiger partial charge in [0.15, 0.2) is 0 Å². The number of aromatic nitrogens is 1. The van der Waals surface area contributed by atoms with E-state index >= 15 is 0 Å². The van der Waals surface area contributed by atoms with E-state index in [4.69, 9.17) is 4.55 Å². The molecular weight excluding hydrogens is 238 g/mol. The van der Waals surface area contributed by atoms with E-state index < -0.39 is 10.1 Å². The smallest absolute Gasteiger partial charge is 0.264 e. The van der Waals surface area contributed by atoms with Gasteiger partial charge in [-0.3, -0.25) is 4.55 Å². The van der Waals surface area contributed by atoms with Gasteiger partial charge in [0.2, 0.25) is 0 Å². The summed E-state index contributed by atoms with van der Waals surface area (Å²) in [5, 5.41) is 1.32. The summed E-state index contributed by atoms with van der Waals surface area (Å²) in [6.07, 6.45) is 2.50. The van der Waals surface area contributed by atoms with Gasteiger partial charge in [-0.15, -0.1) is 0 Å². The number of rotatable bonds is 2. The fourth-order valence-electron chi connectivity index (χ4n) is 1.47. The molecule has 5 heteroatoms. The second kappa shape index (κ2) is 5.84. The number of aromatic amines is 1. The number of aryl methyl sites for hydroxylation is 1. The Bertz CT molecular complexity index is 572. The van der Waals surface area contributed by atoms with Crippen LogP contribution in [0, 0.1) is 6.92 Å². The number of benzene rings is 1. The van der Waals surface area contributed by atoms with E-state index in [2.05, 4.69) is 30.1 Å². The highest BCUT2D eigenvalue weighted by Crippen LogP contribution is 2.15. The van der Waals surface area contributed by atoms with Crippen LogP contribution in [0.2, 0.25) is 0 Å². The van der Waals surface area contributed by atoms with Gasteiger partial charge >= 0.3 is 0 Å². The molecule has 0 radical (unpaired) electrons. The van der Waals surface area contributed by atoms with Crippen molar-refractivity contribution >= 4 is 21.0 Å². The summed E-state index contributed by atoms with van der Waals surface area (Å²) in [4.78, 5) is 3.19. The predicted molar refractivity (Wildman–Crippen MR) is 69.7 cm³/mol. The van der Waals surface area contributed by atoms with Gasteiger partial charge in [0, 0.05) is 17.1 Å². The van der Waals surface area contributed by atoms with Gasteiger partial charge in [-0.05, 0) is 25.0 Å². The zero-order valence-corrected chi connectivity index (χ0v) is 10.8. The normalized spacial score (nSPS) is 11.0. The summed E-state index contributed by atoms with van der Waals surface area (Å²) < 4.78 is 27.6. The molecule has 0 aliphatic carbocycles. The summed E-state index contributed by atoms with van der Waals surface area (Å²) in [6.45, 7) is 3.80. The average molecular weight is 255 g/mol. The van der Waals surface area contributed by atoms with E-state index in [1.807, 2.05) is 12.3 Å². The average Bonchev–Trinajstić information content (AvgIpc) is 2.61. The zero-order chi connectivity index (χ0) is 12.9. The molecule has 0 bridgehead atoms. The molecule has 94 valence electrons. The first-order chi connectivity index (χ1) is 7.94. The van der Waals surface area contributed by atoms with Gasteiger partial charge in [0.25, 0.3) is 10.1 Å². The van der Waals surface area contributed by atoms with E-state index in [-0.39, 0.29) is 5.75 Å². The summed E-state index contributed by atoms with van der Waals surface area (Å²) in [6, 6.07) is 8.31. The predicted octanol–water partition coefficient (Wildman–Crippen LogP) is 2.76. The van der Waals surface area contributed by atoms with E-state index in [9.17, 15) is 8.42 Å². The summed E-state index contributed by atoms with van der Waals surface area (Å²) in [5.74, 6) is -0.132. The van der Waals surface area contributed by atoms with Crippen molar-refractivity contribution in [2.45, 2.75) is 20.3 Å². The van der Waals surface area contributed by atoms with Crippen molar-refractivity contribution in [3.05, 3.63) is 36.0 Å². The van der Waals surface area contributed by atoms with Crippen molar-refractivity contribution < 1.29 is 13.0 Å².